The highest BCUT2D eigenvalue weighted by atomic mass is 16.7. The lowest BCUT2D eigenvalue weighted by molar-refractivity contribution is -0.148. The normalized spacial score (nSPS) is 11.8. The lowest BCUT2D eigenvalue weighted by Gasteiger charge is -2.19. The first-order chi connectivity index (χ1) is 13.7. The van der Waals surface area contributed by atoms with E-state index in [-0.39, 0.29) is 6.29 Å². The van der Waals surface area contributed by atoms with Crippen LogP contribution in [0.2, 0.25) is 0 Å². The molecular formula is C26H54O2. The maximum absolute atomic E-state index is 6.09. The summed E-state index contributed by atoms with van der Waals surface area (Å²) >= 11 is 0. The first kappa shape index (κ1) is 27.9. The summed E-state index contributed by atoms with van der Waals surface area (Å²) in [6.07, 6.45) is 23.9. The second-order valence-electron chi connectivity index (χ2n) is 9.09. The standard InChI is InChI=1S/C26H54O2/c1-5-7-9-11-13-15-17-19-23-27-26(22-21-25(3)4)28-24-20-18-16-14-12-10-8-6-2/h25-26H,5-24H2,1-4H3. The highest BCUT2D eigenvalue weighted by Crippen LogP contribution is 2.14. The van der Waals surface area contributed by atoms with Crippen molar-refractivity contribution in [2.24, 2.45) is 5.92 Å². The molecule has 0 aromatic carbocycles. The van der Waals surface area contributed by atoms with E-state index < -0.39 is 0 Å². The van der Waals surface area contributed by atoms with Crippen molar-refractivity contribution in [3.05, 3.63) is 0 Å². The minimum Gasteiger partial charge on any atom is -0.353 e. The minimum absolute atomic E-state index is 0.0245. The van der Waals surface area contributed by atoms with Crippen LogP contribution in [0.1, 0.15) is 143 Å². The van der Waals surface area contributed by atoms with Crippen LogP contribution in [-0.4, -0.2) is 19.5 Å². The first-order valence-corrected chi connectivity index (χ1v) is 12.9. The molecule has 0 radical (unpaired) electrons. The Hall–Kier alpha value is -0.0800. The summed E-state index contributed by atoms with van der Waals surface area (Å²) in [5.41, 5.74) is 0. The number of hydrogen-bond donors (Lipinski definition) is 0. The van der Waals surface area contributed by atoms with Gasteiger partial charge in [-0.3, -0.25) is 0 Å². The van der Waals surface area contributed by atoms with Gasteiger partial charge in [-0.15, -0.1) is 0 Å². The molecule has 0 N–H and O–H groups in total. The number of rotatable bonds is 23. The molecule has 0 saturated heterocycles. The second-order valence-corrected chi connectivity index (χ2v) is 9.09. The zero-order chi connectivity index (χ0) is 20.7. The summed E-state index contributed by atoms with van der Waals surface area (Å²) in [6, 6.07) is 0. The minimum atomic E-state index is 0.0245. The van der Waals surface area contributed by atoms with Gasteiger partial charge in [0.2, 0.25) is 0 Å². The molecule has 0 aliphatic carbocycles. The molecule has 0 amide bonds. The van der Waals surface area contributed by atoms with Crippen molar-refractivity contribution in [1.82, 2.24) is 0 Å². The van der Waals surface area contributed by atoms with Gasteiger partial charge in [0.05, 0.1) is 0 Å². The fourth-order valence-electron chi connectivity index (χ4n) is 3.59. The monoisotopic (exact) mass is 398 g/mol. The van der Waals surface area contributed by atoms with E-state index in [2.05, 4.69) is 27.7 Å². The predicted octanol–water partition coefficient (Wildman–Crippen LogP) is 9.06. The van der Waals surface area contributed by atoms with E-state index in [0.29, 0.717) is 0 Å². The van der Waals surface area contributed by atoms with Gasteiger partial charge in [0.15, 0.2) is 6.29 Å². The highest BCUT2D eigenvalue weighted by molar-refractivity contribution is 4.53. The lowest BCUT2D eigenvalue weighted by Crippen LogP contribution is -2.19. The molecule has 0 fully saturated rings. The van der Waals surface area contributed by atoms with Gasteiger partial charge in [-0.1, -0.05) is 118 Å². The molecule has 0 aliphatic rings. The molecule has 0 unspecified atom stereocenters. The van der Waals surface area contributed by atoms with Gasteiger partial charge in [0, 0.05) is 13.2 Å². The van der Waals surface area contributed by atoms with Gasteiger partial charge in [0.1, 0.15) is 0 Å². The van der Waals surface area contributed by atoms with Crippen LogP contribution in [0.4, 0.5) is 0 Å². The average Bonchev–Trinajstić information content (AvgIpc) is 2.68. The Kier molecular flexibility index (Phi) is 23.1. The summed E-state index contributed by atoms with van der Waals surface area (Å²) < 4.78 is 12.2. The molecule has 0 bridgehead atoms. The van der Waals surface area contributed by atoms with Crippen molar-refractivity contribution in [1.29, 1.82) is 0 Å². The first-order valence-electron chi connectivity index (χ1n) is 12.9. The number of ether oxygens (including phenoxy) is 2. The average molecular weight is 399 g/mol. The molecular weight excluding hydrogens is 344 g/mol. The van der Waals surface area contributed by atoms with E-state index in [9.17, 15) is 0 Å². The summed E-state index contributed by atoms with van der Waals surface area (Å²) in [5, 5.41) is 0. The topological polar surface area (TPSA) is 18.5 Å². The van der Waals surface area contributed by atoms with E-state index in [1.165, 1.54) is 109 Å². The van der Waals surface area contributed by atoms with Gasteiger partial charge >= 0.3 is 0 Å². The van der Waals surface area contributed by atoms with Crippen molar-refractivity contribution in [2.75, 3.05) is 13.2 Å². The summed E-state index contributed by atoms with van der Waals surface area (Å²) in [5.74, 6) is 0.723. The Labute approximate surface area is 178 Å². The summed E-state index contributed by atoms with van der Waals surface area (Å²) in [7, 11) is 0. The number of hydrogen-bond acceptors (Lipinski definition) is 2. The van der Waals surface area contributed by atoms with Crippen molar-refractivity contribution < 1.29 is 9.47 Å². The molecule has 0 heterocycles. The van der Waals surface area contributed by atoms with Gasteiger partial charge < -0.3 is 9.47 Å². The molecule has 2 nitrogen and oxygen atoms in total. The molecule has 0 aromatic rings. The molecule has 0 aromatic heterocycles. The van der Waals surface area contributed by atoms with Crippen LogP contribution in [0.5, 0.6) is 0 Å². The second kappa shape index (κ2) is 23.2. The van der Waals surface area contributed by atoms with Crippen molar-refractivity contribution in [3.8, 4) is 0 Å². The fourth-order valence-corrected chi connectivity index (χ4v) is 3.59. The molecule has 28 heavy (non-hydrogen) atoms. The van der Waals surface area contributed by atoms with Crippen LogP contribution in [-0.2, 0) is 9.47 Å². The quantitative estimate of drug-likeness (QED) is 0.126. The van der Waals surface area contributed by atoms with E-state index in [0.717, 1.165) is 25.6 Å². The van der Waals surface area contributed by atoms with Crippen LogP contribution in [0.25, 0.3) is 0 Å². The molecule has 0 saturated carbocycles. The van der Waals surface area contributed by atoms with Crippen LogP contribution in [0, 0.1) is 5.92 Å². The Morgan fingerprint density at radius 2 is 0.821 bits per heavy atom. The Bertz CT molecular complexity index is 256. The maximum atomic E-state index is 6.09. The van der Waals surface area contributed by atoms with Crippen LogP contribution < -0.4 is 0 Å². The van der Waals surface area contributed by atoms with Crippen molar-refractivity contribution in [3.63, 3.8) is 0 Å². The van der Waals surface area contributed by atoms with Crippen molar-refractivity contribution >= 4 is 0 Å². The third-order valence-corrected chi connectivity index (χ3v) is 5.58. The maximum Gasteiger partial charge on any atom is 0.157 e. The van der Waals surface area contributed by atoms with Gasteiger partial charge in [-0.05, 0) is 31.6 Å². The number of unbranched alkanes of at least 4 members (excludes halogenated alkanes) is 14. The molecule has 0 rings (SSSR count). The Morgan fingerprint density at radius 3 is 1.18 bits per heavy atom. The Morgan fingerprint density at radius 1 is 0.464 bits per heavy atom. The highest BCUT2D eigenvalue weighted by Gasteiger charge is 2.10. The third-order valence-electron chi connectivity index (χ3n) is 5.58. The molecule has 0 spiro atoms. The third kappa shape index (κ3) is 22.2. The van der Waals surface area contributed by atoms with Crippen LogP contribution in [0.3, 0.4) is 0 Å². The smallest absolute Gasteiger partial charge is 0.157 e. The Balaban J connectivity index is 3.65. The van der Waals surface area contributed by atoms with E-state index >= 15 is 0 Å². The van der Waals surface area contributed by atoms with E-state index in [1.54, 1.807) is 0 Å². The van der Waals surface area contributed by atoms with E-state index in [4.69, 9.17) is 9.47 Å². The fraction of sp³-hybridized carbons (Fsp3) is 1.00. The zero-order valence-electron chi connectivity index (χ0n) is 20.1. The largest absolute Gasteiger partial charge is 0.353 e. The molecule has 170 valence electrons. The summed E-state index contributed by atoms with van der Waals surface area (Å²) in [6.45, 7) is 10.9. The van der Waals surface area contributed by atoms with Gasteiger partial charge in [0.25, 0.3) is 0 Å². The molecule has 0 atom stereocenters. The van der Waals surface area contributed by atoms with Crippen LogP contribution in [0.15, 0.2) is 0 Å². The predicted molar refractivity (Wildman–Crippen MR) is 125 cm³/mol. The SMILES string of the molecule is CCCCCCCCCCOC(CCC(C)C)OCCCCCCCCCC. The van der Waals surface area contributed by atoms with Gasteiger partial charge in [-0.2, -0.15) is 0 Å². The molecule has 2 heteroatoms. The zero-order valence-corrected chi connectivity index (χ0v) is 20.1. The van der Waals surface area contributed by atoms with Crippen LogP contribution >= 0.6 is 0 Å². The van der Waals surface area contributed by atoms with E-state index in [1.807, 2.05) is 0 Å². The lowest BCUT2D eigenvalue weighted by atomic mass is 10.1. The van der Waals surface area contributed by atoms with Crippen molar-refractivity contribution in [2.45, 2.75) is 150 Å². The summed E-state index contributed by atoms with van der Waals surface area (Å²) in [4.78, 5) is 0. The van der Waals surface area contributed by atoms with Gasteiger partial charge in [-0.25, -0.2) is 0 Å². The molecule has 0 aliphatic heterocycles.